The van der Waals surface area contributed by atoms with Crippen LogP contribution in [0.15, 0.2) is 54.2 Å². The molecule has 2 N–H and O–H groups in total. The quantitative estimate of drug-likeness (QED) is 0.740. The fraction of sp³-hybridized carbons (Fsp3) is 0.348. The number of pyridine rings is 1. The van der Waals surface area contributed by atoms with E-state index < -0.39 is 0 Å². The van der Waals surface area contributed by atoms with Gasteiger partial charge in [0.15, 0.2) is 0 Å². The Bertz CT molecular complexity index is 971. The van der Waals surface area contributed by atoms with E-state index in [-0.39, 0.29) is 11.8 Å². The molecule has 0 saturated carbocycles. The number of nitrogens with one attached hydrogen (secondary N) is 2. The fourth-order valence-corrected chi connectivity index (χ4v) is 4.01. The van der Waals surface area contributed by atoms with Crippen LogP contribution in [0.4, 0.5) is 11.5 Å². The average Bonchev–Trinajstić information content (AvgIpc) is 2.81. The summed E-state index contributed by atoms with van der Waals surface area (Å²) in [6, 6.07) is 10.7. The van der Waals surface area contributed by atoms with E-state index >= 15 is 0 Å². The van der Waals surface area contributed by atoms with Crippen molar-refractivity contribution in [2.75, 3.05) is 36.9 Å². The van der Waals surface area contributed by atoms with Gasteiger partial charge >= 0.3 is 0 Å². The molecule has 0 bridgehead atoms. The predicted octanol–water partition coefficient (Wildman–Crippen LogP) is 3.74. The number of ether oxygens (including phenoxy) is 1. The maximum atomic E-state index is 12.8. The molecule has 7 nitrogen and oxygen atoms in total. The van der Waals surface area contributed by atoms with Gasteiger partial charge in [-0.25, -0.2) is 4.98 Å². The number of carbonyl (C=O) groups is 2. The predicted molar refractivity (Wildman–Crippen MR) is 120 cm³/mol. The third-order valence-corrected chi connectivity index (χ3v) is 5.85. The standard InChI is InChI=1S/C23H25ClN4O3/c24-17-5-6-21(25-15-17)27-23(30)19-3-1-2-4-20(19)26-22(29)16-7-11-28(12-8-16)18-9-13-31-14-10-18/h1-7,15,18H,8-14H2,(H,26,29)(H,25,27,30). The van der Waals surface area contributed by atoms with E-state index in [0.717, 1.165) is 44.7 Å². The molecule has 162 valence electrons. The second kappa shape index (κ2) is 10.0. The fourth-order valence-electron chi connectivity index (χ4n) is 3.90. The van der Waals surface area contributed by atoms with Gasteiger partial charge < -0.3 is 15.4 Å². The van der Waals surface area contributed by atoms with Crippen molar-refractivity contribution in [3.63, 3.8) is 0 Å². The molecule has 2 aromatic rings. The Morgan fingerprint density at radius 2 is 1.87 bits per heavy atom. The van der Waals surface area contributed by atoms with E-state index in [1.807, 2.05) is 6.08 Å². The van der Waals surface area contributed by atoms with Crippen molar-refractivity contribution in [2.24, 2.45) is 0 Å². The Hall–Kier alpha value is -2.74. The zero-order chi connectivity index (χ0) is 21.6. The largest absolute Gasteiger partial charge is 0.381 e. The van der Waals surface area contributed by atoms with Crippen molar-refractivity contribution in [2.45, 2.75) is 25.3 Å². The van der Waals surface area contributed by atoms with E-state index in [2.05, 4.69) is 20.5 Å². The number of anilines is 2. The molecule has 0 atom stereocenters. The molecule has 8 heteroatoms. The molecule has 1 fully saturated rings. The molecule has 1 aromatic heterocycles. The molecule has 0 radical (unpaired) electrons. The van der Waals surface area contributed by atoms with Gasteiger partial charge in [-0.05, 0) is 43.5 Å². The summed E-state index contributed by atoms with van der Waals surface area (Å²) < 4.78 is 5.44. The molecule has 0 aliphatic carbocycles. The zero-order valence-corrected chi connectivity index (χ0v) is 17.9. The second-order valence-corrected chi connectivity index (χ2v) is 8.07. The first kappa shape index (κ1) is 21.5. The second-order valence-electron chi connectivity index (χ2n) is 7.63. The molecular weight excluding hydrogens is 416 g/mol. The van der Waals surface area contributed by atoms with Crippen LogP contribution < -0.4 is 10.6 Å². The molecular formula is C23H25ClN4O3. The maximum Gasteiger partial charge on any atom is 0.258 e. The number of aromatic nitrogens is 1. The van der Waals surface area contributed by atoms with Gasteiger partial charge in [0.1, 0.15) is 5.82 Å². The van der Waals surface area contributed by atoms with Gasteiger partial charge in [-0.3, -0.25) is 14.5 Å². The van der Waals surface area contributed by atoms with Gasteiger partial charge in [-0.2, -0.15) is 0 Å². The third kappa shape index (κ3) is 5.50. The number of halogens is 1. The van der Waals surface area contributed by atoms with Crippen LogP contribution in [0.2, 0.25) is 5.02 Å². The highest BCUT2D eigenvalue weighted by molar-refractivity contribution is 6.30. The summed E-state index contributed by atoms with van der Waals surface area (Å²) in [4.78, 5) is 32.1. The molecule has 0 unspecified atom stereocenters. The van der Waals surface area contributed by atoms with Crippen LogP contribution in [0, 0.1) is 0 Å². The Kier molecular flexibility index (Phi) is 6.96. The first-order chi connectivity index (χ1) is 15.1. The van der Waals surface area contributed by atoms with E-state index in [1.165, 1.54) is 6.20 Å². The van der Waals surface area contributed by atoms with Crippen molar-refractivity contribution >= 4 is 34.9 Å². The lowest BCUT2D eigenvalue weighted by molar-refractivity contribution is -0.113. The summed E-state index contributed by atoms with van der Waals surface area (Å²) in [7, 11) is 0. The van der Waals surface area contributed by atoms with Gasteiger partial charge in [0.2, 0.25) is 0 Å². The average molecular weight is 441 g/mol. The number of hydrogen-bond donors (Lipinski definition) is 2. The number of rotatable bonds is 5. The summed E-state index contributed by atoms with van der Waals surface area (Å²) in [5, 5.41) is 6.12. The number of para-hydroxylation sites is 1. The van der Waals surface area contributed by atoms with E-state index in [9.17, 15) is 9.59 Å². The summed E-state index contributed by atoms with van der Waals surface area (Å²) >= 11 is 5.84. The van der Waals surface area contributed by atoms with Crippen molar-refractivity contribution in [1.29, 1.82) is 0 Å². The van der Waals surface area contributed by atoms with Gasteiger partial charge in [0.05, 0.1) is 16.3 Å². The SMILES string of the molecule is O=C(Nc1ccccc1C(=O)Nc1ccc(Cl)cn1)C1=CCN(C2CCOCC2)CC1. The van der Waals surface area contributed by atoms with E-state index in [4.69, 9.17) is 16.3 Å². The molecule has 2 aliphatic rings. The number of hydrogen-bond acceptors (Lipinski definition) is 5. The van der Waals surface area contributed by atoms with Gasteiger partial charge in [-0.1, -0.05) is 29.8 Å². The molecule has 1 aromatic carbocycles. The molecule has 3 heterocycles. The first-order valence-electron chi connectivity index (χ1n) is 10.4. The minimum Gasteiger partial charge on any atom is -0.381 e. The minimum atomic E-state index is -0.353. The smallest absolute Gasteiger partial charge is 0.258 e. The lowest BCUT2D eigenvalue weighted by Crippen LogP contribution is -2.42. The summed E-state index contributed by atoms with van der Waals surface area (Å²) in [5.41, 5.74) is 1.58. The Labute approximate surface area is 186 Å². The number of nitrogens with zero attached hydrogens (tertiary/aromatic N) is 2. The molecule has 31 heavy (non-hydrogen) atoms. The zero-order valence-electron chi connectivity index (χ0n) is 17.1. The van der Waals surface area contributed by atoms with Gasteiger partial charge in [0, 0.05) is 44.1 Å². The Morgan fingerprint density at radius 1 is 1.06 bits per heavy atom. The Morgan fingerprint density at radius 3 is 2.58 bits per heavy atom. The monoisotopic (exact) mass is 440 g/mol. The highest BCUT2D eigenvalue weighted by atomic mass is 35.5. The van der Waals surface area contributed by atoms with Gasteiger partial charge in [0.25, 0.3) is 11.8 Å². The molecule has 0 spiro atoms. The highest BCUT2D eigenvalue weighted by Gasteiger charge is 2.25. The lowest BCUT2D eigenvalue weighted by atomic mass is 10.0. The van der Waals surface area contributed by atoms with Crippen LogP contribution in [0.3, 0.4) is 0 Å². The van der Waals surface area contributed by atoms with Crippen LogP contribution in [0.5, 0.6) is 0 Å². The summed E-state index contributed by atoms with van der Waals surface area (Å²) in [6.07, 6.45) is 6.23. The molecule has 2 amide bonds. The molecule has 1 saturated heterocycles. The maximum absolute atomic E-state index is 12.8. The number of amides is 2. The van der Waals surface area contributed by atoms with Crippen molar-refractivity contribution < 1.29 is 14.3 Å². The topological polar surface area (TPSA) is 83.6 Å². The van der Waals surface area contributed by atoms with Crippen molar-refractivity contribution in [3.8, 4) is 0 Å². The van der Waals surface area contributed by atoms with Crippen molar-refractivity contribution in [3.05, 3.63) is 64.8 Å². The van der Waals surface area contributed by atoms with Crippen LogP contribution in [-0.4, -0.2) is 54.0 Å². The highest BCUT2D eigenvalue weighted by Crippen LogP contribution is 2.22. The number of carbonyl (C=O) groups excluding carboxylic acids is 2. The Balaban J connectivity index is 1.40. The lowest BCUT2D eigenvalue weighted by Gasteiger charge is -2.35. The van der Waals surface area contributed by atoms with Crippen LogP contribution in [0.1, 0.15) is 29.6 Å². The number of benzene rings is 1. The molecule has 2 aliphatic heterocycles. The summed E-state index contributed by atoms with van der Waals surface area (Å²) in [5.74, 6) is -0.135. The van der Waals surface area contributed by atoms with Gasteiger partial charge in [-0.15, -0.1) is 0 Å². The van der Waals surface area contributed by atoms with E-state index in [0.29, 0.717) is 34.6 Å². The third-order valence-electron chi connectivity index (χ3n) is 5.63. The van der Waals surface area contributed by atoms with Crippen molar-refractivity contribution in [1.82, 2.24) is 9.88 Å². The minimum absolute atomic E-state index is 0.170. The summed E-state index contributed by atoms with van der Waals surface area (Å²) in [6.45, 7) is 3.23. The van der Waals surface area contributed by atoms with Crippen LogP contribution >= 0.6 is 11.6 Å². The van der Waals surface area contributed by atoms with Crippen LogP contribution in [0.25, 0.3) is 0 Å². The normalized spacial score (nSPS) is 17.6. The van der Waals surface area contributed by atoms with E-state index in [1.54, 1.807) is 36.4 Å². The first-order valence-corrected chi connectivity index (χ1v) is 10.8. The van der Waals surface area contributed by atoms with Crippen LogP contribution in [-0.2, 0) is 9.53 Å². The molecule has 4 rings (SSSR count).